The zero-order valence-electron chi connectivity index (χ0n) is 12.9. The molecule has 1 fully saturated rings. The van der Waals surface area contributed by atoms with Crippen molar-refractivity contribution in [1.82, 2.24) is 9.78 Å². The molecule has 1 saturated heterocycles. The van der Waals surface area contributed by atoms with E-state index >= 15 is 0 Å². The van der Waals surface area contributed by atoms with Crippen LogP contribution in [0.25, 0.3) is 5.69 Å². The summed E-state index contributed by atoms with van der Waals surface area (Å²) in [6, 6.07) is 10.4. The molecular formula is C16H14N4O5. The lowest BCUT2D eigenvalue weighted by atomic mass is 10.1. The normalized spacial score (nSPS) is 18.6. The fraction of sp³-hybridized carbons (Fsp3) is 0.250. The molecule has 9 nitrogen and oxygen atoms in total. The van der Waals surface area contributed by atoms with E-state index in [1.807, 2.05) is 6.07 Å². The quantitative estimate of drug-likeness (QED) is 0.795. The number of anilines is 1. The number of morpholine rings is 1. The molecule has 2 aromatic rings. The van der Waals surface area contributed by atoms with Gasteiger partial charge >= 0.3 is 5.97 Å². The molecule has 9 heteroatoms. The van der Waals surface area contributed by atoms with Gasteiger partial charge in [0.15, 0.2) is 18.0 Å². The third kappa shape index (κ3) is 3.21. The second kappa shape index (κ2) is 6.72. The van der Waals surface area contributed by atoms with Crippen LogP contribution >= 0.6 is 0 Å². The number of nitrogens with zero attached hydrogens (tertiary/aromatic N) is 4. The van der Waals surface area contributed by atoms with Gasteiger partial charge in [-0.15, -0.1) is 5.10 Å². The van der Waals surface area contributed by atoms with Crippen LogP contribution in [0.4, 0.5) is 5.82 Å². The lowest BCUT2D eigenvalue weighted by molar-refractivity contribution is -0.163. The van der Waals surface area contributed by atoms with Crippen molar-refractivity contribution in [1.29, 1.82) is 5.26 Å². The van der Waals surface area contributed by atoms with Gasteiger partial charge in [-0.1, -0.05) is 0 Å². The molecule has 2 heterocycles. The Morgan fingerprint density at radius 3 is 2.72 bits per heavy atom. The number of carbonyl (C=O) groups excluding carboxylic acids is 1. The van der Waals surface area contributed by atoms with Crippen molar-refractivity contribution in [3.8, 4) is 11.8 Å². The average molecular weight is 342 g/mol. The molecule has 128 valence electrons. The number of rotatable bonds is 4. The summed E-state index contributed by atoms with van der Waals surface area (Å²) in [5, 5.41) is 31.6. The Morgan fingerprint density at radius 2 is 2.08 bits per heavy atom. The van der Waals surface area contributed by atoms with E-state index in [9.17, 15) is 14.7 Å². The van der Waals surface area contributed by atoms with Gasteiger partial charge in [0.05, 0.1) is 30.5 Å². The van der Waals surface area contributed by atoms with Crippen LogP contribution < -0.4 is 4.90 Å². The number of aliphatic hydroxyl groups excluding tert-OH is 1. The fourth-order valence-electron chi connectivity index (χ4n) is 2.48. The summed E-state index contributed by atoms with van der Waals surface area (Å²) in [6.07, 6.45) is -1.76. The first-order valence-electron chi connectivity index (χ1n) is 7.41. The zero-order chi connectivity index (χ0) is 18.0. The molecule has 25 heavy (non-hydrogen) atoms. The van der Waals surface area contributed by atoms with Crippen LogP contribution in [0.3, 0.4) is 0 Å². The minimum absolute atomic E-state index is 0.0878. The molecule has 0 saturated carbocycles. The van der Waals surface area contributed by atoms with Crippen LogP contribution in [-0.4, -0.2) is 57.2 Å². The van der Waals surface area contributed by atoms with Crippen LogP contribution in [0, 0.1) is 11.3 Å². The third-order valence-electron chi connectivity index (χ3n) is 3.77. The summed E-state index contributed by atoms with van der Waals surface area (Å²) in [5.41, 5.74) is 1.22. The number of ether oxygens (including phenoxy) is 1. The number of nitriles is 1. The molecule has 0 spiro atoms. The predicted molar refractivity (Wildman–Crippen MR) is 84.0 cm³/mol. The monoisotopic (exact) mass is 342 g/mol. The van der Waals surface area contributed by atoms with Crippen molar-refractivity contribution in [2.75, 3.05) is 18.1 Å². The van der Waals surface area contributed by atoms with Gasteiger partial charge in [-0.3, -0.25) is 9.69 Å². The van der Waals surface area contributed by atoms with Gasteiger partial charge in [-0.05, 0) is 24.3 Å². The number of aliphatic carboxylic acids is 1. The van der Waals surface area contributed by atoms with Crippen molar-refractivity contribution in [3.05, 3.63) is 42.1 Å². The fourth-order valence-corrected chi connectivity index (χ4v) is 2.48. The topological polar surface area (TPSA) is 129 Å². The number of aromatic nitrogens is 2. The number of amides is 1. The van der Waals surface area contributed by atoms with Gasteiger partial charge in [0.25, 0.3) is 5.91 Å². The molecular weight excluding hydrogens is 328 g/mol. The first-order chi connectivity index (χ1) is 12.0. The van der Waals surface area contributed by atoms with Crippen molar-refractivity contribution in [2.24, 2.45) is 0 Å². The largest absolute Gasteiger partial charge is 0.479 e. The molecule has 1 aliphatic heterocycles. The van der Waals surface area contributed by atoms with Crippen molar-refractivity contribution in [2.45, 2.75) is 12.2 Å². The highest BCUT2D eigenvalue weighted by Crippen LogP contribution is 2.20. The SMILES string of the molecule is N#Cc1ccc(-n2ccc(N3CCOC(C(O)C(=O)O)C3=O)n2)cc1. The maximum absolute atomic E-state index is 12.4. The van der Waals surface area contributed by atoms with E-state index < -0.39 is 24.1 Å². The van der Waals surface area contributed by atoms with Crippen LogP contribution in [-0.2, 0) is 14.3 Å². The van der Waals surface area contributed by atoms with Gasteiger partial charge in [0.1, 0.15) is 0 Å². The molecule has 3 rings (SSSR count). The van der Waals surface area contributed by atoms with E-state index in [0.29, 0.717) is 17.1 Å². The maximum Gasteiger partial charge on any atom is 0.335 e. The van der Waals surface area contributed by atoms with E-state index in [4.69, 9.17) is 15.1 Å². The van der Waals surface area contributed by atoms with Crippen LogP contribution in [0.1, 0.15) is 5.56 Å². The van der Waals surface area contributed by atoms with Gasteiger partial charge in [-0.25, -0.2) is 9.48 Å². The van der Waals surface area contributed by atoms with Gasteiger partial charge in [0.2, 0.25) is 0 Å². The molecule has 1 aromatic carbocycles. The highest BCUT2D eigenvalue weighted by molar-refractivity contribution is 5.99. The number of carboxylic acids is 1. The van der Waals surface area contributed by atoms with E-state index in [0.717, 1.165) is 0 Å². The minimum Gasteiger partial charge on any atom is -0.479 e. The Balaban J connectivity index is 1.82. The summed E-state index contributed by atoms with van der Waals surface area (Å²) >= 11 is 0. The zero-order valence-corrected chi connectivity index (χ0v) is 12.9. The van der Waals surface area contributed by atoms with E-state index in [2.05, 4.69) is 5.10 Å². The third-order valence-corrected chi connectivity index (χ3v) is 3.77. The molecule has 2 unspecified atom stereocenters. The van der Waals surface area contributed by atoms with Crippen molar-refractivity contribution >= 4 is 17.7 Å². The Kier molecular flexibility index (Phi) is 4.47. The molecule has 1 aromatic heterocycles. The van der Waals surface area contributed by atoms with Crippen molar-refractivity contribution < 1.29 is 24.5 Å². The first kappa shape index (κ1) is 16.6. The van der Waals surface area contributed by atoms with Crippen molar-refractivity contribution in [3.63, 3.8) is 0 Å². The van der Waals surface area contributed by atoms with Gasteiger partial charge < -0.3 is 14.9 Å². The average Bonchev–Trinajstić information content (AvgIpc) is 3.11. The molecule has 2 atom stereocenters. The molecule has 1 amide bonds. The number of benzene rings is 1. The number of carbonyl (C=O) groups is 2. The number of carboxylic acid groups (broad SMARTS) is 1. The lowest BCUT2D eigenvalue weighted by Crippen LogP contribution is -2.54. The summed E-state index contributed by atoms with van der Waals surface area (Å²) in [5.74, 6) is -1.87. The van der Waals surface area contributed by atoms with Crippen LogP contribution in [0.15, 0.2) is 36.5 Å². The minimum atomic E-state index is -1.93. The maximum atomic E-state index is 12.4. The number of hydrogen-bond acceptors (Lipinski definition) is 6. The molecule has 0 bridgehead atoms. The summed E-state index contributed by atoms with van der Waals surface area (Å²) in [6.45, 7) is 0.288. The molecule has 0 aliphatic carbocycles. The molecule has 0 radical (unpaired) electrons. The Labute approximate surface area is 142 Å². The van der Waals surface area contributed by atoms with Crippen LogP contribution in [0.5, 0.6) is 0 Å². The standard InChI is InChI=1S/C16H14N4O5/c17-9-10-1-3-11(4-2-10)20-6-5-12(18-20)19-7-8-25-14(15(19)22)13(21)16(23)24/h1-6,13-14,21H,7-8H2,(H,23,24). The highest BCUT2D eigenvalue weighted by atomic mass is 16.5. The highest BCUT2D eigenvalue weighted by Gasteiger charge is 2.39. The van der Waals surface area contributed by atoms with E-state index in [1.165, 1.54) is 9.58 Å². The summed E-state index contributed by atoms with van der Waals surface area (Å²) in [7, 11) is 0. The van der Waals surface area contributed by atoms with E-state index in [-0.39, 0.29) is 13.2 Å². The second-order valence-corrected chi connectivity index (χ2v) is 5.34. The number of hydrogen-bond donors (Lipinski definition) is 2. The summed E-state index contributed by atoms with van der Waals surface area (Å²) in [4.78, 5) is 24.6. The van der Waals surface area contributed by atoms with Gasteiger partial charge in [-0.2, -0.15) is 5.26 Å². The number of aliphatic hydroxyl groups is 1. The Hall–Kier alpha value is -3.22. The van der Waals surface area contributed by atoms with Gasteiger partial charge in [0, 0.05) is 12.3 Å². The lowest BCUT2D eigenvalue weighted by Gasteiger charge is -2.31. The smallest absolute Gasteiger partial charge is 0.335 e. The Bertz CT molecular complexity index is 839. The Morgan fingerprint density at radius 1 is 1.36 bits per heavy atom. The predicted octanol–water partition coefficient (Wildman–Crippen LogP) is -0.0787. The van der Waals surface area contributed by atoms with E-state index in [1.54, 1.807) is 36.5 Å². The second-order valence-electron chi connectivity index (χ2n) is 5.34. The van der Waals surface area contributed by atoms with Crippen LogP contribution in [0.2, 0.25) is 0 Å². The summed E-state index contributed by atoms with van der Waals surface area (Å²) < 4.78 is 6.62. The first-order valence-corrected chi connectivity index (χ1v) is 7.41. The molecule has 1 aliphatic rings. The molecule has 2 N–H and O–H groups in total.